The van der Waals surface area contributed by atoms with Crippen LogP contribution in [0.15, 0.2) is 0 Å². The van der Waals surface area contributed by atoms with Gasteiger partial charge in [-0.15, -0.1) is 0 Å². The summed E-state index contributed by atoms with van der Waals surface area (Å²) in [4.78, 5) is 5.02. The highest BCUT2D eigenvalue weighted by molar-refractivity contribution is 4.67. The van der Waals surface area contributed by atoms with E-state index in [-0.39, 0.29) is 0 Å². The van der Waals surface area contributed by atoms with Gasteiger partial charge in [0.15, 0.2) is 0 Å². The van der Waals surface area contributed by atoms with E-state index in [1.165, 1.54) is 51.9 Å². The molecule has 114 valence electrons. The van der Waals surface area contributed by atoms with E-state index in [1.54, 1.807) is 0 Å². The van der Waals surface area contributed by atoms with E-state index in [9.17, 15) is 0 Å². The van der Waals surface area contributed by atoms with Crippen LogP contribution in [0.2, 0.25) is 0 Å². The first-order valence-electron chi connectivity index (χ1n) is 8.02. The van der Waals surface area contributed by atoms with E-state index in [4.69, 9.17) is 4.74 Å². The molecule has 0 atom stereocenters. The predicted octanol–water partition coefficient (Wildman–Crippen LogP) is 1.42. The average molecular weight is 271 g/mol. The maximum Gasteiger partial charge on any atom is 0.0466 e. The molecule has 1 aliphatic heterocycles. The third-order valence-electron chi connectivity index (χ3n) is 3.76. The maximum absolute atomic E-state index is 5.32. The van der Waals surface area contributed by atoms with Crippen LogP contribution in [-0.4, -0.2) is 75.9 Å². The monoisotopic (exact) mass is 271 g/mol. The van der Waals surface area contributed by atoms with Crippen LogP contribution in [0, 0.1) is 0 Å². The summed E-state index contributed by atoms with van der Waals surface area (Å²) in [6, 6.07) is 0. The lowest BCUT2D eigenvalue weighted by Gasteiger charge is -2.21. The molecule has 4 heteroatoms. The topological polar surface area (TPSA) is 27.7 Å². The van der Waals surface area contributed by atoms with Crippen molar-refractivity contribution < 1.29 is 4.74 Å². The molecule has 0 unspecified atom stereocenters. The van der Waals surface area contributed by atoms with E-state index in [1.807, 2.05) is 0 Å². The maximum atomic E-state index is 5.32. The van der Waals surface area contributed by atoms with Crippen LogP contribution >= 0.6 is 0 Å². The van der Waals surface area contributed by atoms with E-state index < -0.39 is 0 Å². The van der Waals surface area contributed by atoms with Gasteiger partial charge in [0, 0.05) is 39.4 Å². The molecule has 0 spiro atoms. The summed E-state index contributed by atoms with van der Waals surface area (Å²) >= 11 is 0. The minimum absolute atomic E-state index is 0.843. The Morgan fingerprint density at radius 3 is 2.63 bits per heavy atom. The zero-order chi connectivity index (χ0) is 13.8. The molecule has 0 bridgehead atoms. The molecule has 4 nitrogen and oxygen atoms in total. The first-order valence-corrected chi connectivity index (χ1v) is 8.02. The molecule has 0 amide bonds. The van der Waals surface area contributed by atoms with Gasteiger partial charge in [-0.3, -0.25) is 0 Å². The number of unbranched alkanes of at least 4 members (excludes halogenated alkanes) is 1. The molecule has 0 radical (unpaired) electrons. The van der Waals surface area contributed by atoms with Gasteiger partial charge < -0.3 is 19.9 Å². The quantitative estimate of drug-likeness (QED) is 0.543. The Morgan fingerprint density at radius 1 is 1.11 bits per heavy atom. The van der Waals surface area contributed by atoms with Crippen LogP contribution < -0.4 is 5.32 Å². The summed E-state index contributed by atoms with van der Waals surface area (Å²) in [6.07, 6.45) is 5.18. The van der Waals surface area contributed by atoms with Crippen LogP contribution in [0.4, 0.5) is 0 Å². The minimum atomic E-state index is 0.843. The van der Waals surface area contributed by atoms with Crippen molar-refractivity contribution in [1.82, 2.24) is 15.1 Å². The Labute approximate surface area is 119 Å². The zero-order valence-electron chi connectivity index (χ0n) is 13.0. The largest absolute Gasteiger partial charge is 0.382 e. The number of hydrogen-bond donors (Lipinski definition) is 1. The van der Waals surface area contributed by atoms with Crippen LogP contribution in [0.3, 0.4) is 0 Å². The van der Waals surface area contributed by atoms with E-state index in [0.29, 0.717) is 0 Å². The molecule has 1 heterocycles. The summed E-state index contributed by atoms with van der Waals surface area (Å²) in [6.45, 7) is 12.2. The normalized spacial score (nSPS) is 16.6. The molecule has 0 aromatic carbocycles. The Bertz CT molecular complexity index is 196. The van der Waals surface area contributed by atoms with Crippen LogP contribution in [-0.2, 0) is 4.74 Å². The van der Waals surface area contributed by atoms with Gasteiger partial charge in [0.25, 0.3) is 0 Å². The van der Waals surface area contributed by atoms with E-state index in [2.05, 4.69) is 29.1 Å². The van der Waals surface area contributed by atoms with Gasteiger partial charge in [0.1, 0.15) is 0 Å². The molecule has 0 aliphatic carbocycles. The van der Waals surface area contributed by atoms with Crippen molar-refractivity contribution in [1.29, 1.82) is 0 Å². The lowest BCUT2D eigenvalue weighted by Crippen LogP contribution is -2.35. The first kappa shape index (κ1) is 16.9. The minimum Gasteiger partial charge on any atom is -0.382 e. The van der Waals surface area contributed by atoms with Crippen molar-refractivity contribution >= 4 is 0 Å². The summed E-state index contributed by atoms with van der Waals surface area (Å²) in [5.74, 6) is 0. The molecular weight excluding hydrogens is 238 g/mol. The van der Waals surface area contributed by atoms with Gasteiger partial charge in [0.2, 0.25) is 0 Å². The van der Waals surface area contributed by atoms with Crippen molar-refractivity contribution in [3.63, 3.8) is 0 Å². The van der Waals surface area contributed by atoms with Crippen LogP contribution in [0.1, 0.15) is 32.6 Å². The smallest absolute Gasteiger partial charge is 0.0466 e. The highest BCUT2D eigenvalue weighted by Crippen LogP contribution is 2.06. The summed E-state index contributed by atoms with van der Waals surface area (Å²) in [7, 11) is 2.23. The molecule has 1 rings (SSSR count). The fraction of sp³-hybridized carbons (Fsp3) is 1.00. The second-order valence-corrected chi connectivity index (χ2v) is 5.51. The van der Waals surface area contributed by atoms with Gasteiger partial charge in [-0.25, -0.2) is 0 Å². The highest BCUT2D eigenvalue weighted by Gasteiger charge is 2.11. The molecule has 0 saturated carbocycles. The summed E-state index contributed by atoms with van der Waals surface area (Å²) in [5.41, 5.74) is 0. The zero-order valence-corrected chi connectivity index (χ0v) is 13.0. The molecular formula is C15H33N3O. The predicted molar refractivity (Wildman–Crippen MR) is 81.8 cm³/mol. The summed E-state index contributed by atoms with van der Waals surface area (Å²) in [5, 5.41) is 3.51. The molecule has 1 saturated heterocycles. The number of ether oxygens (including phenoxy) is 1. The van der Waals surface area contributed by atoms with Crippen molar-refractivity contribution in [2.75, 3.05) is 66.1 Å². The van der Waals surface area contributed by atoms with Gasteiger partial charge in [-0.2, -0.15) is 0 Å². The SMILES string of the molecule is CCOCCCCNCCN(C)CCN1CCCC1. The van der Waals surface area contributed by atoms with Crippen molar-refractivity contribution in [2.24, 2.45) is 0 Å². The van der Waals surface area contributed by atoms with Crippen LogP contribution in [0.25, 0.3) is 0 Å². The molecule has 0 aromatic rings. The third-order valence-corrected chi connectivity index (χ3v) is 3.76. The number of nitrogens with one attached hydrogen (secondary N) is 1. The van der Waals surface area contributed by atoms with Crippen molar-refractivity contribution in [3.8, 4) is 0 Å². The van der Waals surface area contributed by atoms with Gasteiger partial charge in [-0.1, -0.05) is 0 Å². The standard InChI is InChI=1S/C15H33N3O/c1-3-19-15-7-4-8-16-9-12-17(2)13-14-18-10-5-6-11-18/h16H,3-15H2,1-2H3. The van der Waals surface area contributed by atoms with Gasteiger partial charge in [-0.05, 0) is 59.3 Å². The Balaban J connectivity index is 1.80. The lowest BCUT2D eigenvalue weighted by atomic mass is 10.3. The first-order chi connectivity index (χ1) is 9.33. The van der Waals surface area contributed by atoms with Crippen LogP contribution in [0.5, 0.6) is 0 Å². The number of nitrogens with zero attached hydrogens (tertiary/aromatic N) is 2. The number of likely N-dealkylation sites (N-methyl/N-ethyl adjacent to an activating group) is 1. The average Bonchev–Trinajstić information content (AvgIpc) is 2.93. The summed E-state index contributed by atoms with van der Waals surface area (Å²) < 4.78 is 5.32. The lowest BCUT2D eigenvalue weighted by molar-refractivity contribution is 0.143. The number of hydrogen-bond acceptors (Lipinski definition) is 4. The second kappa shape index (κ2) is 11.6. The number of rotatable bonds is 12. The second-order valence-electron chi connectivity index (χ2n) is 5.51. The molecule has 1 N–H and O–H groups in total. The fourth-order valence-corrected chi connectivity index (χ4v) is 2.42. The van der Waals surface area contributed by atoms with Gasteiger partial charge in [0.05, 0.1) is 0 Å². The Morgan fingerprint density at radius 2 is 1.89 bits per heavy atom. The molecule has 1 fully saturated rings. The van der Waals surface area contributed by atoms with E-state index in [0.717, 1.165) is 32.8 Å². The molecule has 0 aromatic heterocycles. The Kier molecular flexibility index (Phi) is 10.4. The van der Waals surface area contributed by atoms with E-state index >= 15 is 0 Å². The molecule has 1 aliphatic rings. The molecule has 19 heavy (non-hydrogen) atoms. The fourth-order valence-electron chi connectivity index (χ4n) is 2.42. The Hall–Kier alpha value is -0.160. The van der Waals surface area contributed by atoms with Gasteiger partial charge >= 0.3 is 0 Å². The highest BCUT2D eigenvalue weighted by atomic mass is 16.5. The number of likely N-dealkylation sites (tertiary alicyclic amines) is 1. The van der Waals surface area contributed by atoms with Crippen molar-refractivity contribution in [2.45, 2.75) is 32.6 Å². The third kappa shape index (κ3) is 9.38. The van der Waals surface area contributed by atoms with Crippen molar-refractivity contribution in [3.05, 3.63) is 0 Å².